The average Bonchev–Trinajstić information content (AvgIpc) is 2.79. The molecule has 2 aliphatic heterocycles. The van der Waals surface area contributed by atoms with Gasteiger partial charge in [-0.1, -0.05) is 24.3 Å². The van der Waals surface area contributed by atoms with Gasteiger partial charge >= 0.3 is 0 Å². The van der Waals surface area contributed by atoms with Crippen LogP contribution in [0.1, 0.15) is 5.56 Å². The highest BCUT2D eigenvalue weighted by molar-refractivity contribution is 5.78. The Kier molecular flexibility index (Phi) is 6.71. The minimum Gasteiger partial charge on any atom is -0.497 e. The third kappa shape index (κ3) is 5.43. The molecule has 1 atom stereocenters. The summed E-state index contributed by atoms with van der Waals surface area (Å²) < 4.78 is 16.8. The molecule has 2 aromatic carbocycles. The van der Waals surface area contributed by atoms with Crippen molar-refractivity contribution in [3.8, 4) is 17.2 Å². The van der Waals surface area contributed by atoms with Gasteiger partial charge in [-0.15, -0.1) is 0 Å². The van der Waals surface area contributed by atoms with Crippen LogP contribution in [-0.2, 0) is 11.3 Å². The Bertz CT molecular complexity index is 835. The van der Waals surface area contributed by atoms with Gasteiger partial charge in [0.2, 0.25) is 5.91 Å². The fourth-order valence-electron chi connectivity index (χ4n) is 3.74. The number of piperazine rings is 1. The predicted octanol–water partition coefficient (Wildman–Crippen LogP) is 1.77. The molecular formula is C23H29N3O4. The number of ether oxygens (including phenoxy) is 3. The number of para-hydroxylation sites is 2. The van der Waals surface area contributed by atoms with Crippen LogP contribution in [0.4, 0.5) is 0 Å². The van der Waals surface area contributed by atoms with Crippen molar-refractivity contribution in [2.45, 2.75) is 12.6 Å². The molecule has 0 spiro atoms. The maximum absolute atomic E-state index is 12.4. The van der Waals surface area contributed by atoms with E-state index in [1.54, 1.807) is 7.11 Å². The maximum atomic E-state index is 12.4. The third-order valence-corrected chi connectivity index (χ3v) is 5.49. The molecule has 0 bridgehead atoms. The van der Waals surface area contributed by atoms with Gasteiger partial charge in [-0.25, -0.2) is 0 Å². The highest BCUT2D eigenvalue weighted by Crippen LogP contribution is 2.30. The zero-order valence-electron chi connectivity index (χ0n) is 17.4. The van der Waals surface area contributed by atoms with Crippen molar-refractivity contribution in [1.29, 1.82) is 0 Å². The Balaban J connectivity index is 1.15. The lowest BCUT2D eigenvalue weighted by atomic mass is 10.2. The van der Waals surface area contributed by atoms with E-state index in [4.69, 9.17) is 14.2 Å². The van der Waals surface area contributed by atoms with E-state index in [-0.39, 0.29) is 12.0 Å². The van der Waals surface area contributed by atoms with Crippen LogP contribution in [0, 0.1) is 0 Å². The molecule has 2 aromatic rings. The summed E-state index contributed by atoms with van der Waals surface area (Å²) >= 11 is 0. The predicted molar refractivity (Wildman–Crippen MR) is 114 cm³/mol. The Morgan fingerprint density at radius 2 is 1.73 bits per heavy atom. The summed E-state index contributed by atoms with van der Waals surface area (Å²) in [4.78, 5) is 17.0. The highest BCUT2D eigenvalue weighted by atomic mass is 16.6. The van der Waals surface area contributed by atoms with E-state index in [0.29, 0.717) is 19.7 Å². The molecule has 1 fully saturated rings. The molecule has 4 rings (SSSR count). The SMILES string of the molecule is COc1ccc(CN2CCN(CC(=O)NC[C@@H]3COc4ccccc4O3)CC2)cc1. The van der Waals surface area contributed by atoms with E-state index in [2.05, 4.69) is 27.2 Å². The van der Waals surface area contributed by atoms with Crippen LogP contribution in [0.15, 0.2) is 48.5 Å². The molecule has 30 heavy (non-hydrogen) atoms. The summed E-state index contributed by atoms with van der Waals surface area (Å²) in [7, 11) is 1.68. The monoisotopic (exact) mass is 411 g/mol. The van der Waals surface area contributed by atoms with Crippen LogP contribution in [0.25, 0.3) is 0 Å². The first kappa shape index (κ1) is 20.5. The van der Waals surface area contributed by atoms with E-state index in [1.165, 1.54) is 5.56 Å². The Morgan fingerprint density at radius 3 is 2.47 bits per heavy atom. The Labute approximate surface area is 177 Å². The molecule has 0 radical (unpaired) electrons. The van der Waals surface area contributed by atoms with Gasteiger partial charge in [-0.2, -0.15) is 0 Å². The van der Waals surface area contributed by atoms with Crippen molar-refractivity contribution in [2.75, 3.05) is 53.0 Å². The number of fused-ring (bicyclic) bond motifs is 1. The normalized spacial score (nSPS) is 19.3. The molecule has 7 nitrogen and oxygen atoms in total. The maximum Gasteiger partial charge on any atom is 0.234 e. The van der Waals surface area contributed by atoms with Gasteiger partial charge < -0.3 is 19.5 Å². The summed E-state index contributed by atoms with van der Waals surface area (Å²) in [5, 5.41) is 2.98. The van der Waals surface area contributed by atoms with Crippen LogP contribution in [-0.4, -0.2) is 74.8 Å². The van der Waals surface area contributed by atoms with Gasteiger partial charge in [0, 0.05) is 32.7 Å². The summed E-state index contributed by atoms with van der Waals surface area (Å²) in [6.07, 6.45) is -0.162. The lowest BCUT2D eigenvalue weighted by Gasteiger charge is -2.34. The Morgan fingerprint density at radius 1 is 1.03 bits per heavy atom. The molecule has 0 aromatic heterocycles. The number of hydrogen-bond donors (Lipinski definition) is 1. The molecule has 2 aliphatic rings. The lowest BCUT2D eigenvalue weighted by Crippen LogP contribution is -2.50. The van der Waals surface area contributed by atoms with Crippen molar-refractivity contribution >= 4 is 5.91 Å². The first-order valence-electron chi connectivity index (χ1n) is 10.4. The molecule has 7 heteroatoms. The number of nitrogens with zero attached hydrogens (tertiary/aromatic N) is 2. The van der Waals surface area contributed by atoms with Gasteiger partial charge in [-0.3, -0.25) is 14.6 Å². The first-order chi connectivity index (χ1) is 14.7. The second-order valence-electron chi connectivity index (χ2n) is 7.70. The van der Waals surface area contributed by atoms with Gasteiger partial charge in [0.25, 0.3) is 0 Å². The van der Waals surface area contributed by atoms with Crippen LogP contribution >= 0.6 is 0 Å². The van der Waals surface area contributed by atoms with E-state index in [9.17, 15) is 4.79 Å². The quantitative estimate of drug-likeness (QED) is 0.749. The summed E-state index contributed by atoms with van der Waals surface area (Å²) in [6.45, 7) is 5.92. The summed E-state index contributed by atoms with van der Waals surface area (Å²) in [6, 6.07) is 15.8. The molecule has 0 unspecified atom stereocenters. The molecule has 0 aliphatic carbocycles. The topological polar surface area (TPSA) is 63.3 Å². The second kappa shape index (κ2) is 9.82. The van der Waals surface area contributed by atoms with E-state index < -0.39 is 0 Å². The smallest absolute Gasteiger partial charge is 0.234 e. The molecule has 160 valence electrons. The zero-order chi connectivity index (χ0) is 20.8. The fourth-order valence-corrected chi connectivity index (χ4v) is 3.74. The van der Waals surface area contributed by atoms with Crippen LogP contribution in [0.5, 0.6) is 17.2 Å². The van der Waals surface area contributed by atoms with Gasteiger partial charge in [0.15, 0.2) is 11.5 Å². The summed E-state index contributed by atoms with van der Waals surface area (Å²) in [5.74, 6) is 2.40. The molecule has 1 saturated heterocycles. The highest BCUT2D eigenvalue weighted by Gasteiger charge is 2.23. The van der Waals surface area contributed by atoms with Crippen molar-refractivity contribution in [3.05, 3.63) is 54.1 Å². The van der Waals surface area contributed by atoms with Crippen LogP contribution < -0.4 is 19.5 Å². The number of carbonyl (C=O) groups excluding carboxylic acids is 1. The average molecular weight is 412 g/mol. The molecule has 1 amide bonds. The Hall–Kier alpha value is -2.77. The standard InChI is InChI=1S/C23H29N3O4/c1-28-19-8-6-18(7-9-19)15-25-10-12-26(13-11-25)16-23(27)24-14-20-17-29-21-4-2-3-5-22(21)30-20/h2-9,20H,10-17H2,1H3,(H,24,27)/t20-/m1/s1. The first-order valence-corrected chi connectivity index (χ1v) is 10.4. The number of hydrogen-bond acceptors (Lipinski definition) is 6. The minimum atomic E-state index is -0.162. The molecule has 1 N–H and O–H groups in total. The second-order valence-corrected chi connectivity index (χ2v) is 7.70. The molecular weight excluding hydrogens is 382 g/mol. The number of benzene rings is 2. The number of carbonyl (C=O) groups is 1. The van der Waals surface area contributed by atoms with Gasteiger partial charge in [-0.05, 0) is 29.8 Å². The minimum absolute atomic E-state index is 0.0288. The third-order valence-electron chi connectivity index (χ3n) is 5.49. The van der Waals surface area contributed by atoms with Crippen molar-refractivity contribution in [2.24, 2.45) is 0 Å². The molecule has 2 heterocycles. The van der Waals surface area contributed by atoms with Crippen LogP contribution in [0.2, 0.25) is 0 Å². The van der Waals surface area contributed by atoms with Crippen LogP contribution in [0.3, 0.4) is 0 Å². The van der Waals surface area contributed by atoms with E-state index >= 15 is 0 Å². The number of amides is 1. The van der Waals surface area contributed by atoms with E-state index in [1.807, 2.05) is 36.4 Å². The van der Waals surface area contributed by atoms with Gasteiger partial charge in [0.1, 0.15) is 18.5 Å². The molecule has 0 saturated carbocycles. The lowest BCUT2D eigenvalue weighted by molar-refractivity contribution is -0.123. The number of nitrogens with one attached hydrogen (secondary N) is 1. The number of methoxy groups -OCH3 is 1. The zero-order valence-corrected chi connectivity index (χ0v) is 17.4. The fraction of sp³-hybridized carbons (Fsp3) is 0.435. The van der Waals surface area contributed by atoms with E-state index in [0.717, 1.165) is 50.0 Å². The largest absolute Gasteiger partial charge is 0.497 e. The summed E-state index contributed by atoms with van der Waals surface area (Å²) in [5.41, 5.74) is 1.28. The number of rotatable bonds is 7. The van der Waals surface area contributed by atoms with Crippen molar-refractivity contribution in [3.63, 3.8) is 0 Å². The van der Waals surface area contributed by atoms with Crippen molar-refractivity contribution in [1.82, 2.24) is 15.1 Å². The van der Waals surface area contributed by atoms with Gasteiger partial charge in [0.05, 0.1) is 20.2 Å². The van der Waals surface area contributed by atoms with Crippen molar-refractivity contribution < 1.29 is 19.0 Å².